The van der Waals surface area contributed by atoms with Crippen molar-refractivity contribution in [2.45, 2.75) is 50.5 Å². The lowest BCUT2D eigenvalue weighted by atomic mass is 9.64. The molecule has 1 heterocycles. The van der Waals surface area contributed by atoms with Crippen LogP contribution in [0.3, 0.4) is 0 Å². The number of nitrogens with one attached hydrogen (secondary N) is 1. The average Bonchev–Trinajstić information content (AvgIpc) is 2.37. The van der Waals surface area contributed by atoms with E-state index in [2.05, 4.69) is 44.4 Å². The highest BCUT2D eigenvalue weighted by molar-refractivity contribution is 5.41. The lowest BCUT2D eigenvalue weighted by Gasteiger charge is -2.53. The molecule has 1 aliphatic carbocycles. The quantitative estimate of drug-likeness (QED) is 0.901. The van der Waals surface area contributed by atoms with E-state index in [1.807, 2.05) is 0 Å². The molecule has 0 saturated carbocycles. The first kappa shape index (κ1) is 13.1. The lowest BCUT2D eigenvalue weighted by molar-refractivity contribution is -0.0991. The molecule has 2 heteroatoms. The molecule has 19 heavy (non-hydrogen) atoms. The van der Waals surface area contributed by atoms with E-state index >= 15 is 0 Å². The van der Waals surface area contributed by atoms with Crippen molar-refractivity contribution < 1.29 is 4.74 Å². The number of aryl methyl sites for hydroxylation is 2. The van der Waals surface area contributed by atoms with E-state index in [9.17, 15) is 0 Å². The Morgan fingerprint density at radius 1 is 1.11 bits per heavy atom. The molecular formula is C17H25NO. The van der Waals surface area contributed by atoms with Gasteiger partial charge >= 0.3 is 0 Å². The first-order chi connectivity index (χ1) is 9.09. The van der Waals surface area contributed by atoms with Gasteiger partial charge in [-0.2, -0.15) is 0 Å². The fourth-order valence-corrected chi connectivity index (χ4v) is 3.46. The minimum atomic E-state index is 0.0636. The van der Waals surface area contributed by atoms with E-state index < -0.39 is 0 Å². The summed E-state index contributed by atoms with van der Waals surface area (Å²) in [7, 11) is 2.05. The van der Waals surface area contributed by atoms with Crippen molar-refractivity contribution in [1.29, 1.82) is 0 Å². The van der Waals surface area contributed by atoms with Gasteiger partial charge in [0.05, 0.1) is 18.6 Å². The van der Waals surface area contributed by atoms with E-state index in [4.69, 9.17) is 4.74 Å². The van der Waals surface area contributed by atoms with Gasteiger partial charge in [0, 0.05) is 5.54 Å². The molecule has 1 saturated heterocycles. The van der Waals surface area contributed by atoms with Crippen LogP contribution in [0.2, 0.25) is 0 Å². The van der Waals surface area contributed by atoms with Gasteiger partial charge in [-0.3, -0.25) is 0 Å². The van der Waals surface area contributed by atoms with Gasteiger partial charge in [0.2, 0.25) is 0 Å². The maximum Gasteiger partial charge on any atom is 0.0603 e. The fraction of sp³-hybridized carbons (Fsp3) is 0.647. The molecule has 0 bridgehead atoms. The van der Waals surface area contributed by atoms with Crippen molar-refractivity contribution in [1.82, 2.24) is 5.32 Å². The SMILES string of the molecule is CNC(C)(C)C1(c2ccc3c(c2)CCCC3)COC1. The Labute approximate surface area is 116 Å². The second-order valence-electron chi connectivity index (χ2n) is 6.64. The number of fused-ring (bicyclic) bond motifs is 1. The number of ether oxygens (including phenoxy) is 1. The van der Waals surface area contributed by atoms with Crippen molar-refractivity contribution in [2.75, 3.05) is 20.3 Å². The van der Waals surface area contributed by atoms with Gasteiger partial charge < -0.3 is 10.1 Å². The van der Waals surface area contributed by atoms with Crippen molar-refractivity contribution >= 4 is 0 Å². The topological polar surface area (TPSA) is 21.3 Å². The number of likely N-dealkylation sites (N-methyl/N-ethyl adjacent to an activating group) is 1. The third kappa shape index (κ3) is 1.93. The van der Waals surface area contributed by atoms with Crippen LogP contribution in [0.4, 0.5) is 0 Å². The Balaban J connectivity index is 2.00. The minimum absolute atomic E-state index is 0.0636. The van der Waals surface area contributed by atoms with Gasteiger partial charge in [0.25, 0.3) is 0 Å². The molecule has 0 amide bonds. The van der Waals surface area contributed by atoms with Crippen LogP contribution >= 0.6 is 0 Å². The van der Waals surface area contributed by atoms with Crippen LogP contribution in [0.1, 0.15) is 43.4 Å². The minimum Gasteiger partial charge on any atom is -0.379 e. The zero-order valence-electron chi connectivity index (χ0n) is 12.4. The molecule has 1 aliphatic heterocycles. The maximum atomic E-state index is 5.58. The predicted molar refractivity (Wildman–Crippen MR) is 78.7 cm³/mol. The molecule has 3 rings (SSSR count). The first-order valence-corrected chi connectivity index (χ1v) is 7.48. The van der Waals surface area contributed by atoms with Crippen LogP contribution in [-0.4, -0.2) is 25.8 Å². The lowest BCUT2D eigenvalue weighted by Crippen LogP contribution is -2.65. The summed E-state index contributed by atoms with van der Waals surface area (Å²) in [4.78, 5) is 0. The molecule has 104 valence electrons. The highest BCUT2D eigenvalue weighted by atomic mass is 16.5. The molecule has 0 radical (unpaired) electrons. The van der Waals surface area contributed by atoms with Crippen molar-refractivity contribution in [2.24, 2.45) is 0 Å². The van der Waals surface area contributed by atoms with Crippen molar-refractivity contribution in [3.05, 3.63) is 34.9 Å². The third-order valence-corrected chi connectivity index (χ3v) is 5.42. The molecule has 1 fully saturated rings. The van der Waals surface area contributed by atoms with Gasteiger partial charge in [0.1, 0.15) is 0 Å². The zero-order valence-corrected chi connectivity index (χ0v) is 12.4. The highest BCUT2D eigenvalue weighted by Crippen LogP contribution is 2.42. The summed E-state index contributed by atoms with van der Waals surface area (Å²) < 4.78 is 5.58. The Morgan fingerprint density at radius 3 is 2.37 bits per heavy atom. The monoisotopic (exact) mass is 259 g/mol. The highest BCUT2D eigenvalue weighted by Gasteiger charge is 2.51. The summed E-state index contributed by atoms with van der Waals surface area (Å²) in [5.41, 5.74) is 4.79. The van der Waals surface area contributed by atoms with Gasteiger partial charge in [-0.15, -0.1) is 0 Å². The van der Waals surface area contributed by atoms with E-state index in [1.165, 1.54) is 31.2 Å². The predicted octanol–water partition coefficient (Wildman–Crippen LogP) is 2.83. The number of benzene rings is 1. The third-order valence-electron chi connectivity index (χ3n) is 5.42. The van der Waals surface area contributed by atoms with Gasteiger partial charge in [-0.25, -0.2) is 0 Å². The first-order valence-electron chi connectivity index (χ1n) is 7.48. The van der Waals surface area contributed by atoms with Gasteiger partial charge in [-0.05, 0) is 63.3 Å². The summed E-state index contributed by atoms with van der Waals surface area (Å²) in [6.07, 6.45) is 5.20. The molecule has 0 aromatic heterocycles. The number of hydrogen-bond donors (Lipinski definition) is 1. The Hall–Kier alpha value is -0.860. The van der Waals surface area contributed by atoms with Crippen LogP contribution < -0.4 is 5.32 Å². The maximum absolute atomic E-state index is 5.58. The molecule has 0 spiro atoms. The second-order valence-corrected chi connectivity index (χ2v) is 6.64. The Kier molecular flexibility index (Phi) is 3.18. The molecule has 2 nitrogen and oxygen atoms in total. The van der Waals surface area contributed by atoms with E-state index in [1.54, 1.807) is 11.1 Å². The number of rotatable bonds is 3. The van der Waals surface area contributed by atoms with Crippen molar-refractivity contribution in [3.8, 4) is 0 Å². The van der Waals surface area contributed by atoms with E-state index in [0.29, 0.717) is 0 Å². The summed E-state index contributed by atoms with van der Waals surface area (Å²) in [5.74, 6) is 0. The van der Waals surface area contributed by atoms with E-state index in [-0.39, 0.29) is 11.0 Å². The van der Waals surface area contributed by atoms with Crippen molar-refractivity contribution in [3.63, 3.8) is 0 Å². The van der Waals surface area contributed by atoms with Crippen LogP contribution in [-0.2, 0) is 23.0 Å². The molecule has 0 atom stereocenters. The Bertz CT molecular complexity index is 474. The van der Waals surface area contributed by atoms with Crippen LogP contribution in [0.5, 0.6) is 0 Å². The summed E-state index contributed by atoms with van der Waals surface area (Å²) in [6.45, 7) is 6.24. The molecule has 1 aromatic rings. The largest absolute Gasteiger partial charge is 0.379 e. The Morgan fingerprint density at radius 2 is 1.79 bits per heavy atom. The van der Waals surface area contributed by atoms with Crippen LogP contribution in [0, 0.1) is 0 Å². The molecule has 1 aromatic carbocycles. The molecule has 2 aliphatic rings. The second kappa shape index (κ2) is 4.60. The van der Waals surface area contributed by atoms with Gasteiger partial charge in [0.15, 0.2) is 0 Å². The van der Waals surface area contributed by atoms with Crippen LogP contribution in [0.15, 0.2) is 18.2 Å². The molecule has 1 N–H and O–H groups in total. The zero-order chi connectivity index (χ0) is 13.5. The summed E-state index contributed by atoms with van der Waals surface area (Å²) in [6, 6.07) is 7.15. The molecular weight excluding hydrogens is 234 g/mol. The number of hydrogen-bond acceptors (Lipinski definition) is 2. The summed E-state index contributed by atoms with van der Waals surface area (Å²) >= 11 is 0. The molecule has 0 unspecified atom stereocenters. The standard InChI is InChI=1S/C17H25NO/c1-16(2,18-3)17(11-19-12-17)15-9-8-13-6-4-5-7-14(13)10-15/h8-10,18H,4-7,11-12H2,1-3H3. The fourth-order valence-electron chi connectivity index (χ4n) is 3.46. The average molecular weight is 259 g/mol. The normalized spacial score (nSPS) is 21.6. The smallest absolute Gasteiger partial charge is 0.0603 e. The van der Waals surface area contributed by atoms with E-state index in [0.717, 1.165) is 13.2 Å². The van der Waals surface area contributed by atoms with Gasteiger partial charge in [-0.1, -0.05) is 18.2 Å². The van der Waals surface area contributed by atoms with Crippen LogP contribution in [0.25, 0.3) is 0 Å². The summed E-state index contributed by atoms with van der Waals surface area (Å²) in [5, 5.41) is 3.48.